The van der Waals surface area contributed by atoms with Crippen molar-refractivity contribution in [3.63, 3.8) is 0 Å². The lowest BCUT2D eigenvalue weighted by molar-refractivity contribution is -0.153. The first-order valence-corrected chi connectivity index (χ1v) is 32.6. The maximum absolute atomic E-state index is 13.7. The summed E-state index contributed by atoms with van der Waals surface area (Å²) in [6.45, 7) is 13.3. The molecule has 0 aromatic heterocycles. The molecule has 4 aromatic rings. The molecule has 0 radical (unpaired) electrons. The van der Waals surface area contributed by atoms with Gasteiger partial charge in [0.1, 0.15) is 96.2 Å². The minimum atomic E-state index is -3.76. The molecule has 4 unspecified atom stereocenters. The van der Waals surface area contributed by atoms with Crippen molar-refractivity contribution < 1.29 is 108 Å². The standard InChI is InChI=1S/C35H44O13S.C34H43NO10/c1-22-15-16-28(46-33(37)24-11-8-7-9-12-24)32-29(47-35(3,4)48-32)14-10-13-25-17-27(42-19-26(36)20-44-49(6,39)40)18-30(43-21-41-5)31(25)34(38)45-23(22)2;1-21-14-15-27(43-32(37)23-10-7-6-8-11-23)31-28(44-34(3,4)45-31)13-9-12-24-16-26(40-19-25(36)18-35)17-29(41-20-39-5)30(24)33(38)42-22(21)2/h7-13,15-18,22-23,26,28-29,32,36H,14,19-21H2,1-6H3;6-12,14-17,21-22,25,27-28,31,36H,13,18-20,35H2,1-5H3/b13-10+,16-15-;12-9+,15-14-/t22-,23+,26?,28?,29+,32-;21-,22+,25?,27?,28+,31-/m11/s1. The second kappa shape index (κ2) is 34.2. The zero-order chi connectivity index (χ0) is 68.3. The van der Waals surface area contributed by atoms with E-state index >= 15 is 0 Å². The number of cyclic esters (lactones) is 2. The molecule has 4 N–H and O–H groups in total. The van der Waals surface area contributed by atoms with Crippen molar-refractivity contribution in [1.82, 2.24) is 0 Å². The van der Waals surface area contributed by atoms with Crippen LogP contribution < -0.4 is 24.7 Å². The number of aliphatic hydroxyl groups is 2. The van der Waals surface area contributed by atoms with Crippen LogP contribution in [0.1, 0.15) is 121 Å². The second-order valence-corrected chi connectivity index (χ2v) is 25.4. The monoisotopic (exact) mass is 1330 g/mol. The molecule has 512 valence electrons. The molecule has 0 aliphatic carbocycles. The molecule has 0 saturated carbocycles. The SMILES string of the molecule is COCOc1cc(OCC(O)CN)cc2c1C(=O)O[C@@H](C)[C@H](C)/C=C\C(OC(=O)c1ccccc1)[C@H]1OC(C)(C)O[C@H]1C/C=C/2.COCOc1cc(OCC(O)COS(C)(=O)=O)cc2c1C(=O)O[C@@H](C)[C@H](C)/C=C\C(OC(=O)c1ccccc1)[C@H]1OC(C)(C)O[C@H]1C/C=C/2. The maximum atomic E-state index is 13.7. The molecule has 0 spiro atoms. The van der Waals surface area contributed by atoms with E-state index in [2.05, 4.69) is 4.18 Å². The highest BCUT2D eigenvalue weighted by Gasteiger charge is 2.47. The molecule has 0 amide bonds. The number of ether oxygens (including phenoxy) is 14. The Bertz CT molecular complexity index is 3410. The first-order chi connectivity index (χ1) is 44.7. The Balaban J connectivity index is 0.000000267. The summed E-state index contributed by atoms with van der Waals surface area (Å²) >= 11 is 0. The van der Waals surface area contributed by atoms with Crippen molar-refractivity contribution in [2.75, 3.05) is 60.4 Å². The van der Waals surface area contributed by atoms with Crippen molar-refractivity contribution in [2.24, 2.45) is 17.6 Å². The Kier molecular flexibility index (Phi) is 26.9. The van der Waals surface area contributed by atoms with E-state index in [1.54, 1.807) is 125 Å². The van der Waals surface area contributed by atoms with E-state index in [0.29, 0.717) is 40.8 Å². The summed E-state index contributed by atoms with van der Waals surface area (Å²) in [6.07, 6.45) is 8.42. The van der Waals surface area contributed by atoms with Crippen LogP contribution in [0.15, 0.2) is 121 Å². The largest absolute Gasteiger partial charge is 0.491 e. The highest BCUT2D eigenvalue weighted by atomic mass is 32.2. The summed E-state index contributed by atoms with van der Waals surface area (Å²) in [4.78, 5) is 53.7. The third-order valence-corrected chi connectivity index (χ3v) is 15.7. The lowest BCUT2D eigenvalue weighted by Crippen LogP contribution is -2.37. The Morgan fingerprint density at radius 1 is 0.585 bits per heavy atom. The number of aliphatic hydroxyl groups excluding tert-OH is 2. The molecular weight excluding hydrogens is 1240 g/mol. The van der Waals surface area contributed by atoms with Gasteiger partial charge in [0.05, 0.1) is 36.2 Å². The lowest BCUT2D eigenvalue weighted by atomic mass is 9.98. The number of fused-ring (bicyclic) bond motifs is 4. The molecule has 4 aliphatic rings. The van der Waals surface area contributed by atoms with Gasteiger partial charge in [-0.05, 0) is 114 Å². The zero-order valence-electron chi connectivity index (χ0n) is 54.7. The summed E-state index contributed by atoms with van der Waals surface area (Å²) in [6, 6.07) is 23.6. The zero-order valence-corrected chi connectivity index (χ0v) is 55.6. The fraction of sp³-hybridized carbons (Fsp3) is 0.478. The summed E-state index contributed by atoms with van der Waals surface area (Å²) in [5.41, 5.74) is 7.45. The maximum Gasteiger partial charge on any atom is 0.342 e. The van der Waals surface area contributed by atoms with Crippen LogP contribution in [-0.2, 0) is 61.7 Å². The molecule has 25 heteroatoms. The number of carbonyl (C=O) groups is 4. The van der Waals surface area contributed by atoms with Crippen LogP contribution in [0.4, 0.5) is 0 Å². The van der Waals surface area contributed by atoms with E-state index < -0.39 is 113 Å². The van der Waals surface area contributed by atoms with Gasteiger partial charge in [-0.1, -0.05) is 86.7 Å². The van der Waals surface area contributed by atoms with Crippen LogP contribution in [0.3, 0.4) is 0 Å². The fourth-order valence-electron chi connectivity index (χ4n) is 10.1. The Morgan fingerprint density at radius 3 is 1.37 bits per heavy atom. The number of benzene rings is 4. The van der Waals surface area contributed by atoms with Gasteiger partial charge in [-0.25, -0.2) is 19.2 Å². The highest BCUT2D eigenvalue weighted by molar-refractivity contribution is 7.86. The fourth-order valence-corrected chi connectivity index (χ4v) is 10.5. The minimum absolute atomic E-state index is 0.0251. The molecule has 4 aliphatic heterocycles. The first-order valence-electron chi connectivity index (χ1n) is 30.8. The quantitative estimate of drug-likeness (QED) is 0.0245. The molecule has 2 fully saturated rings. The van der Waals surface area contributed by atoms with Gasteiger partial charge < -0.3 is 82.3 Å². The average molecular weight is 1330 g/mol. The van der Waals surface area contributed by atoms with E-state index in [9.17, 15) is 37.8 Å². The number of nitrogens with two attached hydrogens (primary N) is 1. The molecule has 4 aromatic carbocycles. The van der Waals surface area contributed by atoms with Gasteiger partial charge in [0, 0.05) is 44.7 Å². The van der Waals surface area contributed by atoms with Crippen molar-refractivity contribution in [1.29, 1.82) is 0 Å². The van der Waals surface area contributed by atoms with Gasteiger partial charge in [-0.3, -0.25) is 4.18 Å². The number of esters is 4. The predicted octanol–water partition coefficient (Wildman–Crippen LogP) is 8.55. The predicted molar refractivity (Wildman–Crippen MR) is 343 cm³/mol. The van der Waals surface area contributed by atoms with Gasteiger partial charge in [0.15, 0.2) is 25.2 Å². The number of carbonyl (C=O) groups excluding carboxylic acids is 4. The van der Waals surface area contributed by atoms with Crippen LogP contribution in [0, 0.1) is 11.8 Å². The van der Waals surface area contributed by atoms with Gasteiger partial charge in [0.25, 0.3) is 10.1 Å². The van der Waals surface area contributed by atoms with Crippen LogP contribution in [0.25, 0.3) is 12.2 Å². The van der Waals surface area contributed by atoms with Gasteiger partial charge >= 0.3 is 23.9 Å². The van der Waals surface area contributed by atoms with E-state index in [1.807, 2.05) is 58.1 Å². The normalized spacial score (nSPS) is 26.3. The topological polar surface area (TPSA) is 307 Å². The molecule has 4 heterocycles. The van der Waals surface area contributed by atoms with Crippen LogP contribution >= 0.6 is 0 Å². The van der Waals surface area contributed by atoms with Crippen LogP contribution in [-0.4, -0.2) is 176 Å². The Labute approximate surface area is 548 Å². The number of methoxy groups -OCH3 is 2. The number of rotatable bonds is 20. The van der Waals surface area contributed by atoms with Crippen molar-refractivity contribution >= 4 is 46.1 Å². The van der Waals surface area contributed by atoms with Crippen LogP contribution in [0.2, 0.25) is 0 Å². The second-order valence-electron chi connectivity index (χ2n) is 23.8. The molecule has 12 atom stereocenters. The van der Waals surface area contributed by atoms with Crippen molar-refractivity contribution in [3.05, 3.63) is 155 Å². The summed E-state index contributed by atoms with van der Waals surface area (Å²) < 4.78 is 109. The third kappa shape index (κ3) is 21.8. The molecule has 8 rings (SSSR count). The van der Waals surface area contributed by atoms with E-state index in [0.717, 1.165) is 6.26 Å². The van der Waals surface area contributed by atoms with Gasteiger partial charge in [-0.2, -0.15) is 8.42 Å². The van der Waals surface area contributed by atoms with E-state index in [-0.39, 0.29) is 73.6 Å². The molecule has 24 nitrogen and oxygen atoms in total. The lowest BCUT2D eigenvalue weighted by Gasteiger charge is -2.26. The van der Waals surface area contributed by atoms with Crippen LogP contribution in [0.5, 0.6) is 23.0 Å². The van der Waals surface area contributed by atoms with Gasteiger partial charge in [-0.15, -0.1) is 0 Å². The summed E-state index contributed by atoms with van der Waals surface area (Å²) in [7, 11) is -0.866. The minimum Gasteiger partial charge on any atom is -0.491 e. The molecule has 94 heavy (non-hydrogen) atoms. The van der Waals surface area contributed by atoms with Crippen molar-refractivity contribution in [2.45, 2.75) is 141 Å². The first kappa shape index (κ1) is 73.9. The number of hydrogen-bond acceptors (Lipinski definition) is 24. The summed E-state index contributed by atoms with van der Waals surface area (Å²) in [5.74, 6) is -3.97. The smallest absolute Gasteiger partial charge is 0.342 e. The van der Waals surface area contributed by atoms with E-state index in [1.165, 1.54) is 20.3 Å². The number of hydrogen-bond donors (Lipinski definition) is 3. The average Bonchev–Trinajstić information content (AvgIpc) is 1.39. The Morgan fingerprint density at radius 2 is 0.989 bits per heavy atom. The molecule has 0 bridgehead atoms. The summed E-state index contributed by atoms with van der Waals surface area (Å²) in [5, 5.41) is 20.2. The molecule has 2 saturated heterocycles. The third-order valence-electron chi connectivity index (χ3n) is 15.1. The highest BCUT2D eigenvalue weighted by Crippen LogP contribution is 2.39. The molecular formula is C69H87NO23S. The van der Waals surface area contributed by atoms with E-state index in [4.69, 9.17) is 72.0 Å². The van der Waals surface area contributed by atoms with Crippen molar-refractivity contribution in [3.8, 4) is 23.0 Å². The van der Waals surface area contributed by atoms with Gasteiger partial charge in [0.2, 0.25) is 0 Å². The Hall–Kier alpha value is -7.53.